The minimum Gasteiger partial charge on any atom is -0.379 e. The molecule has 1 aliphatic rings. The van der Waals surface area contributed by atoms with Crippen LogP contribution in [0.2, 0.25) is 5.02 Å². The Morgan fingerprint density at radius 3 is 2.60 bits per heavy atom. The van der Waals surface area contributed by atoms with Crippen LogP contribution in [0.3, 0.4) is 0 Å². The van der Waals surface area contributed by atoms with E-state index in [1.54, 1.807) is 16.4 Å². The predicted octanol–water partition coefficient (Wildman–Crippen LogP) is 2.53. The van der Waals surface area contributed by atoms with E-state index in [0.29, 0.717) is 18.2 Å². The predicted molar refractivity (Wildman–Crippen MR) is 80.2 cm³/mol. The average Bonchev–Trinajstić information content (AvgIpc) is 2.52. The van der Waals surface area contributed by atoms with Crippen molar-refractivity contribution in [1.82, 2.24) is 4.31 Å². The lowest BCUT2D eigenvalue weighted by Gasteiger charge is -2.31. The zero-order valence-electron chi connectivity index (χ0n) is 11.8. The molecule has 0 bridgehead atoms. The van der Waals surface area contributed by atoms with Crippen molar-refractivity contribution in [3.05, 3.63) is 34.9 Å². The van der Waals surface area contributed by atoms with Gasteiger partial charge in [0.05, 0.1) is 25.0 Å². The van der Waals surface area contributed by atoms with Crippen molar-refractivity contribution in [3.8, 4) is 0 Å². The number of ether oxygens (including phenoxy) is 1. The summed E-state index contributed by atoms with van der Waals surface area (Å²) in [4.78, 5) is 0. The zero-order valence-corrected chi connectivity index (χ0v) is 13.3. The molecule has 1 fully saturated rings. The number of rotatable bonds is 3. The van der Waals surface area contributed by atoms with Crippen molar-refractivity contribution in [1.29, 1.82) is 0 Å². The first-order valence-electron chi connectivity index (χ1n) is 6.72. The molecule has 1 atom stereocenters. The van der Waals surface area contributed by atoms with Crippen LogP contribution in [0.4, 0.5) is 0 Å². The second kappa shape index (κ2) is 6.43. The third-order valence-electron chi connectivity index (χ3n) is 3.52. The number of nitrogens with zero attached hydrogens (tertiary/aromatic N) is 1. The van der Waals surface area contributed by atoms with Crippen molar-refractivity contribution >= 4 is 21.6 Å². The Balaban J connectivity index is 2.28. The fourth-order valence-corrected chi connectivity index (χ4v) is 4.04. The van der Waals surface area contributed by atoms with E-state index in [1.165, 1.54) is 0 Å². The quantitative estimate of drug-likeness (QED) is 0.860. The fourth-order valence-electron chi connectivity index (χ4n) is 2.29. The molecule has 20 heavy (non-hydrogen) atoms. The van der Waals surface area contributed by atoms with E-state index < -0.39 is 10.0 Å². The lowest BCUT2D eigenvalue weighted by atomic mass is 10.0. The molecule has 0 aliphatic carbocycles. The Morgan fingerprint density at radius 1 is 1.35 bits per heavy atom. The average molecular weight is 318 g/mol. The maximum Gasteiger partial charge on any atom is 0.217 e. The molecule has 0 saturated carbocycles. The van der Waals surface area contributed by atoms with Gasteiger partial charge in [-0.05, 0) is 23.6 Å². The molecule has 1 aromatic carbocycles. The van der Waals surface area contributed by atoms with Gasteiger partial charge >= 0.3 is 0 Å². The SMILES string of the molecule is CC(C)[C@H]1COCCS(=O)(=O)N1Cc1ccc(Cl)cc1. The van der Waals surface area contributed by atoms with Gasteiger partial charge in [0.1, 0.15) is 0 Å². The van der Waals surface area contributed by atoms with Gasteiger partial charge in [-0.2, -0.15) is 4.31 Å². The van der Waals surface area contributed by atoms with Crippen molar-refractivity contribution in [2.24, 2.45) is 5.92 Å². The van der Waals surface area contributed by atoms with Crippen LogP contribution in [0, 0.1) is 5.92 Å². The second-order valence-corrected chi connectivity index (χ2v) is 7.85. The molecule has 0 aromatic heterocycles. The molecular formula is C14H20ClNO3S. The van der Waals surface area contributed by atoms with Gasteiger partial charge in [-0.1, -0.05) is 37.6 Å². The van der Waals surface area contributed by atoms with Crippen LogP contribution in [-0.2, 0) is 21.3 Å². The van der Waals surface area contributed by atoms with Gasteiger partial charge in [0.15, 0.2) is 0 Å². The molecule has 4 nitrogen and oxygen atoms in total. The molecule has 2 rings (SSSR count). The lowest BCUT2D eigenvalue weighted by molar-refractivity contribution is 0.0902. The molecule has 0 spiro atoms. The molecule has 112 valence electrons. The Morgan fingerprint density at radius 2 is 2.00 bits per heavy atom. The van der Waals surface area contributed by atoms with E-state index in [0.717, 1.165) is 5.56 Å². The molecule has 1 saturated heterocycles. The summed E-state index contributed by atoms with van der Waals surface area (Å²) in [5, 5.41) is 0.649. The number of hydrogen-bond donors (Lipinski definition) is 0. The highest BCUT2D eigenvalue weighted by Gasteiger charge is 2.34. The van der Waals surface area contributed by atoms with Crippen molar-refractivity contribution in [2.75, 3.05) is 19.0 Å². The van der Waals surface area contributed by atoms with Gasteiger partial charge in [-0.15, -0.1) is 0 Å². The van der Waals surface area contributed by atoms with E-state index in [1.807, 2.05) is 26.0 Å². The van der Waals surface area contributed by atoms with E-state index in [9.17, 15) is 8.42 Å². The summed E-state index contributed by atoms with van der Waals surface area (Å²) in [6, 6.07) is 7.16. The first kappa shape index (κ1) is 15.8. The maximum absolute atomic E-state index is 12.4. The second-order valence-electron chi connectivity index (χ2n) is 5.37. The topological polar surface area (TPSA) is 46.6 Å². The van der Waals surface area contributed by atoms with Crippen LogP contribution in [0.5, 0.6) is 0 Å². The van der Waals surface area contributed by atoms with E-state index in [-0.39, 0.29) is 24.3 Å². The minimum atomic E-state index is -3.29. The van der Waals surface area contributed by atoms with Crippen LogP contribution in [0.25, 0.3) is 0 Å². The Hall–Kier alpha value is -0.620. The zero-order chi connectivity index (χ0) is 14.8. The van der Waals surface area contributed by atoms with Crippen LogP contribution in [0.15, 0.2) is 24.3 Å². The standard InChI is InChI=1S/C14H20ClNO3S/c1-11(2)14-10-19-7-8-20(17,18)16(14)9-12-3-5-13(15)6-4-12/h3-6,11,14H,7-10H2,1-2H3/t14-/m1/s1. The summed E-state index contributed by atoms with van der Waals surface area (Å²) in [6.07, 6.45) is 0. The van der Waals surface area contributed by atoms with Crippen molar-refractivity contribution < 1.29 is 13.2 Å². The molecule has 1 aliphatic heterocycles. The van der Waals surface area contributed by atoms with Gasteiger partial charge in [-0.3, -0.25) is 0 Å². The third kappa shape index (κ3) is 3.73. The molecule has 0 amide bonds. The minimum absolute atomic E-state index is 0.0454. The van der Waals surface area contributed by atoms with E-state index in [4.69, 9.17) is 16.3 Å². The van der Waals surface area contributed by atoms with Gasteiger partial charge < -0.3 is 4.74 Å². The van der Waals surface area contributed by atoms with Crippen LogP contribution < -0.4 is 0 Å². The van der Waals surface area contributed by atoms with Crippen molar-refractivity contribution in [2.45, 2.75) is 26.4 Å². The van der Waals surface area contributed by atoms with Gasteiger partial charge in [0, 0.05) is 11.6 Å². The fraction of sp³-hybridized carbons (Fsp3) is 0.571. The van der Waals surface area contributed by atoms with Gasteiger partial charge in [-0.25, -0.2) is 8.42 Å². The third-order valence-corrected chi connectivity index (χ3v) is 5.57. The number of hydrogen-bond acceptors (Lipinski definition) is 3. The molecule has 1 heterocycles. The summed E-state index contributed by atoms with van der Waals surface area (Å²) in [7, 11) is -3.29. The highest BCUT2D eigenvalue weighted by atomic mass is 35.5. The first-order chi connectivity index (χ1) is 9.40. The van der Waals surface area contributed by atoms with Crippen LogP contribution >= 0.6 is 11.6 Å². The molecule has 6 heteroatoms. The number of halogens is 1. The summed E-state index contributed by atoms with van der Waals surface area (Å²) in [6.45, 7) is 5.12. The van der Waals surface area contributed by atoms with E-state index in [2.05, 4.69) is 0 Å². The number of benzene rings is 1. The highest BCUT2D eigenvalue weighted by Crippen LogP contribution is 2.22. The number of sulfonamides is 1. The Bertz CT molecular complexity index is 542. The van der Waals surface area contributed by atoms with Gasteiger partial charge in [0.2, 0.25) is 10.0 Å². The Labute approximate surface area is 125 Å². The summed E-state index contributed by atoms with van der Waals surface area (Å²) in [5.74, 6) is 0.249. The highest BCUT2D eigenvalue weighted by molar-refractivity contribution is 7.89. The molecule has 1 aromatic rings. The van der Waals surface area contributed by atoms with Crippen molar-refractivity contribution in [3.63, 3.8) is 0 Å². The smallest absolute Gasteiger partial charge is 0.217 e. The maximum atomic E-state index is 12.4. The molecule has 0 N–H and O–H groups in total. The molecule has 0 radical (unpaired) electrons. The normalized spacial score (nSPS) is 23.7. The summed E-state index contributed by atoms with van der Waals surface area (Å²) >= 11 is 5.86. The summed E-state index contributed by atoms with van der Waals surface area (Å²) in [5.41, 5.74) is 0.936. The van der Waals surface area contributed by atoms with Crippen LogP contribution in [-0.4, -0.2) is 37.7 Å². The summed E-state index contributed by atoms with van der Waals surface area (Å²) < 4.78 is 31.8. The first-order valence-corrected chi connectivity index (χ1v) is 8.70. The monoisotopic (exact) mass is 317 g/mol. The molecular weight excluding hydrogens is 298 g/mol. The van der Waals surface area contributed by atoms with E-state index >= 15 is 0 Å². The van der Waals surface area contributed by atoms with Gasteiger partial charge in [0.25, 0.3) is 0 Å². The largest absolute Gasteiger partial charge is 0.379 e. The lowest BCUT2D eigenvalue weighted by Crippen LogP contribution is -2.44. The van der Waals surface area contributed by atoms with Crippen LogP contribution in [0.1, 0.15) is 19.4 Å². The molecule has 0 unspecified atom stereocenters. The Kier molecular flexibility index (Phi) is 5.07.